The van der Waals surface area contributed by atoms with E-state index in [-0.39, 0.29) is 6.10 Å². The van der Waals surface area contributed by atoms with Gasteiger partial charge in [0.1, 0.15) is 6.10 Å². The number of hydrogen-bond acceptors (Lipinski definition) is 2. The van der Waals surface area contributed by atoms with Gasteiger partial charge in [0.2, 0.25) is 0 Å². The van der Waals surface area contributed by atoms with Crippen LogP contribution >= 0.6 is 0 Å². The Morgan fingerprint density at radius 1 is 1.46 bits per heavy atom. The lowest BCUT2D eigenvalue weighted by Crippen LogP contribution is -2.27. The molecular weight excluding hydrogens is 168 g/mol. The number of rotatable bonds is 3. The van der Waals surface area contributed by atoms with Crippen molar-refractivity contribution in [2.75, 3.05) is 0 Å². The van der Waals surface area contributed by atoms with Crippen LogP contribution in [0.25, 0.3) is 0 Å². The maximum absolute atomic E-state index is 10.4. The van der Waals surface area contributed by atoms with Crippen molar-refractivity contribution >= 4 is 6.16 Å². The molecule has 0 amide bonds. The van der Waals surface area contributed by atoms with Crippen LogP contribution in [0.1, 0.15) is 45.4 Å². The molecule has 1 unspecified atom stereocenters. The van der Waals surface area contributed by atoms with Crippen molar-refractivity contribution in [1.82, 2.24) is 0 Å². The Bertz CT molecular complexity index is 162. The summed E-state index contributed by atoms with van der Waals surface area (Å²) in [4.78, 5) is 10.4. The molecular formula is C10H18O3. The molecule has 0 aliphatic heterocycles. The quantitative estimate of drug-likeness (QED) is 0.689. The van der Waals surface area contributed by atoms with Crippen molar-refractivity contribution in [2.24, 2.45) is 5.92 Å². The molecule has 76 valence electrons. The minimum Gasteiger partial charge on any atom is -0.450 e. The summed E-state index contributed by atoms with van der Waals surface area (Å²) in [6, 6.07) is 0. The second kappa shape index (κ2) is 5.10. The molecule has 1 fully saturated rings. The normalized spacial score (nSPS) is 21.0. The van der Waals surface area contributed by atoms with E-state index < -0.39 is 6.16 Å². The lowest BCUT2D eigenvalue weighted by atomic mass is 9.84. The Morgan fingerprint density at radius 2 is 2.08 bits per heavy atom. The van der Waals surface area contributed by atoms with E-state index in [4.69, 9.17) is 9.84 Å². The van der Waals surface area contributed by atoms with Crippen LogP contribution in [0.2, 0.25) is 0 Å². The van der Waals surface area contributed by atoms with Gasteiger partial charge in [-0.05, 0) is 25.2 Å². The zero-order valence-electron chi connectivity index (χ0n) is 8.16. The average Bonchev–Trinajstić information content (AvgIpc) is 2.15. The van der Waals surface area contributed by atoms with Gasteiger partial charge in [-0.3, -0.25) is 0 Å². The molecule has 0 radical (unpaired) electrons. The van der Waals surface area contributed by atoms with Gasteiger partial charge in [0, 0.05) is 0 Å². The van der Waals surface area contributed by atoms with Gasteiger partial charge in [-0.15, -0.1) is 0 Å². The molecule has 1 atom stereocenters. The van der Waals surface area contributed by atoms with Crippen LogP contribution in [0.15, 0.2) is 0 Å². The van der Waals surface area contributed by atoms with Crippen LogP contribution in [-0.2, 0) is 4.74 Å². The van der Waals surface area contributed by atoms with Gasteiger partial charge < -0.3 is 9.84 Å². The highest BCUT2D eigenvalue weighted by atomic mass is 16.7. The van der Waals surface area contributed by atoms with Gasteiger partial charge in [0.25, 0.3) is 0 Å². The van der Waals surface area contributed by atoms with E-state index >= 15 is 0 Å². The second-order valence-corrected chi connectivity index (χ2v) is 3.73. The van der Waals surface area contributed by atoms with Crippen molar-refractivity contribution in [2.45, 2.75) is 51.6 Å². The first-order valence-electron chi connectivity index (χ1n) is 5.13. The Hall–Kier alpha value is -0.730. The number of hydrogen-bond donors (Lipinski definition) is 1. The smallest absolute Gasteiger partial charge is 0.450 e. The molecule has 3 heteroatoms. The summed E-state index contributed by atoms with van der Waals surface area (Å²) in [5.74, 6) is 0.467. The lowest BCUT2D eigenvalue weighted by Gasteiger charge is -2.28. The standard InChI is InChI=1S/C10H18O3/c1-2-9(13-10(11)12)8-6-4-3-5-7-8/h8-9H,2-7H2,1H3,(H,11,12). The lowest BCUT2D eigenvalue weighted by molar-refractivity contribution is 0.0135. The summed E-state index contributed by atoms with van der Waals surface area (Å²) in [6.45, 7) is 1.99. The molecule has 3 nitrogen and oxygen atoms in total. The van der Waals surface area contributed by atoms with Crippen molar-refractivity contribution in [3.8, 4) is 0 Å². The highest BCUT2D eigenvalue weighted by molar-refractivity contribution is 5.57. The van der Waals surface area contributed by atoms with E-state index in [0.29, 0.717) is 5.92 Å². The summed E-state index contributed by atoms with van der Waals surface area (Å²) in [5, 5.41) is 8.52. The number of carbonyl (C=O) groups is 1. The van der Waals surface area contributed by atoms with Gasteiger partial charge in [-0.1, -0.05) is 26.2 Å². The fourth-order valence-electron chi connectivity index (χ4n) is 2.15. The number of ether oxygens (including phenoxy) is 1. The third kappa shape index (κ3) is 3.25. The molecule has 0 spiro atoms. The first kappa shape index (κ1) is 10.4. The molecule has 1 N–H and O–H groups in total. The van der Waals surface area contributed by atoms with Gasteiger partial charge in [0.05, 0.1) is 0 Å². The molecule has 1 aliphatic carbocycles. The summed E-state index contributed by atoms with van der Waals surface area (Å²) < 4.78 is 4.86. The maximum atomic E-state index is 10.4. The maximum Gasteiger partial charge on any atom is 0.506 e. The van der Waals surface area contributed by atoms with Gasteiger partial charge in [0.15, 0.2) is 0 Å². The predicted octanol–water partition coefficient (Wildman–Crippen LogP) is 3.04. The largest absolute Gasteiger partial charge is 0.506 e. The van der Waals surface area contributed by atoms with Crippen LogP contribution < -0.4 is 0 Å². The van der Waals surface area contributed by atoms with Crippen LogP contribution in [0.3, 0.4) is 0 Å². The van der Waals surface area contributed by atoms with E-state index in [2.05, 4.69) is 0 Å². The Balaban J connectivity index is 2.39. The summed E-state index contributed by atoms with van der Waals surface area (Å²) in [6.07, 6.45) is 5.61. The fraction of sp³-hybridized carbons (Fsp3) is 0.900. The zero-order chi connectivity index (χ0) is 9.68. The Morgan fingerprint density at radius 3 is 2.54 bits per heavy atom. The molecule has 0 heterocycles. The number of carboxylic acid groups (broad SMARTS) is 1. The van der Waals surface area contributed by atoms with Crippen LogP contribution in [0.5, 0.6) is 0 Å². The molecule has 1 aliphatic rings. The van der Waals surface area contributed by atoms with Gasteiger partial charge >= 0.3 is 6.16 Å². The van der Waals surface area contributed by atoms with E-state index in [1.54, 1.807) is 0 Å². The Labute approximate surface area is 79.1 Å². The van der Waals surface area contributed by atoms with Crippen LogP contribution in [-0.4, -0.2) is 17.4 Å². The second-order valence-electron chi connectivity index (χ2n) is 3.73. The topological polar surface area (TPSA) is 46.5 Å². The molecule has 0 aromatic carbocycles. The summed E-state index contributed by atoms with van der Waals surface area (Å²) in [7, 11) is 0. The summed E-state index contributed by atoms with van der Waals surface area (Å²) >= 11 is 0. The van der Waals surface area contributed by atoms with E-state index in [1.165, 1.54) is 19.3 Å². The minimum absolute atomic E-state index is 0.0715. The first-order chi connectivity index (χ1) is 6.24. The monoisotopic (exact) mass is 186 g/mol. The van der Waals surface area contributed by atoms with Crippen LogP contribution in [0, 0.1) is 5.92 Å². The third-order valence-corrected chi connectivity index (χ3v) is 2.83. The summed E-state index contributed by atoms with van der Waals surface area (Å²) in [5.41, 5.74) is 0. The molecule has 13 heavy (non-hydrogen) atoms. The molecule has 1 saturated carbocycles. The van der Waals surface area contributed by atoms with Crippen molar-refractivity contribution in [3.05, 3.63) is 0 Å². The SMILES string of the molecule is CCC(OC(=O)O)C1CCCCC1. The minimum atomic E-state index is -1.13. The first-order valence-corrected chi connectivity index (χ1v) is 5.13. The molecule has 0 aromatic rings. The zero-order valence-corrected chi connectivity index (χ0v) is 8.16. The molecule has 0 aromatic heterocycles. The van der Waals surface area contributed by atoms with Gasteiger partial charge in [-0.25, -0.2) is 4.79 Å². The predicted molar refractivity (Wildman–Crippen MR) is 49.8 cm³/mol. The van der Waals surface area contributed by atoms with Crippen molar-refractivity contribution in [3.63, 3.8) is 0 Å². The fourth-order valence-corrected chi connectivity index (χ4v) is 2.15. The van der Waals surface area contributed by atoms with E-state index in [9.17, 15) is 4.79 Å². The average molecular weight is 186 g/mol. The van der Waals surface area contributed by atoms with Gasteiger partial charge in [-0.2, -0.15) is 0 Å². The van der Waals surface area contributed by atoms with Crippen LogP contribution in [0.4, 0.5) is 4.79 Å². The molecule has 1 rings (SSSR count). The highest BCUT2D eigenvalue weighted by Gasteiger charge is 2.24. The highest BCUT2D eigenvalue weighted by Crippen LogP contribution is 2.29. The van der Waals surface area contributed by atoms with E-state index in [1.807, 2.05) is 6.92 Å². The van der Waals surface area contributed by atoms with Crippen molar-refractivity contribution in [1.29, 1.82) is 0 Å². The molecule has 0 bridgehead atoms. The Kier molecular flexibility index (Phi) is 4.06. The molecule has 0 saturated heterocycles. The van der Waals surface area contributed by atoms with Crippen molar-refractivity contribution < 1.29 is 14.6 Å². The third-order valence-electron chi connectivity index (χ3n) is 2.83. The van der Waals surface area contributed by atoms with E-state index in [0.717, 1.165) is 19.3 Å².